The third-order valence-corrected chi connectivity index (χ3v) is 15.9. The number of hydrogen-bond donors (Lipinski definition) is 5. The Kier molecular flexibility index (Phi) is 60.0. The third kappa shape index (κ3) is 54.6. The number of nitrogens with zero attached hydrogens (tertiary/aromatic N) is 1. The fraction of sp³-hybridized carbons (Fsp3) is 0.500. The zero-order valence-electron chi connectivity index (χ0n) is 70.4. The number of Topliss-reactive ketones (excluding diaryl/α,β-unsaturated/α-hetero) is 2. The second-order valence-corrected chi connectivity index (χ2v) is 30.2. The average Bonchev–Trinajstić information content (AvgIpc) is 0.847. The summed E-state index contributed by atoms with van der Waals surface area (Å²) in [6.07, 6.45) is 3.96. The van der Waals surface area contributed by atoms with Crippen molar-refractivity contribution in [3.8, 4) is 28.7 Å². The third-order valence-electron chi connectivity index (χ3n) is 14.8. The molecule has 0 bridgehead atoms. The molecule has 0 heterocycles. The molecule has 117 heavy (non-hydrogen) atoms. The molecule has 0 aliphatic heterocycles. The Morgan fingerprint density at radius 2 is 0.718 bits per heavy atom. The summed E-state index contributed by atoms with van der Waals surface area (Å²) in [5, 5.41) is 47.4. The van der Waals surface area contributed by atoms with E-state index < -0.39 is 39.6 Å². The Bertz CT molecular complexity index is 3950. The van der Waals surface area contributed by atoms with Crippen molar-refractivity contribution in [2.75, 3.05) is 72.6 Å². The van der Waals surface area contributed by atoms with Gasteiger partial charge in [-0.1, -0.05) is 119 Å². The van der Waals surface area contributed by atoms with Gasteiger partial charge < -0.3 is 68.8 Å². The molecule has 0 unspecified atom stereocenters. The van der Waals surface area contributed by atoms with Crippen LogP contribution in [0.2, 0.25) is 25.1 Å². The lowest BCUT2D eigenvalue weighted by molar-refractivity contribution is -0.495. The minimum Gasteiger partial charge on any atom is -0.507 e. The van der Waals surface area contributed by atoms with E-state index in [2.05, 4.69) is 4.74 Å². The van der Waals surface area contributed by atoms with Crippen LogP contribution in [0.5, 0.6) is 28.7 Å². The first-order valence-corrected chi connectivity index (χ1v) is 39.1. The summed E-state index contributed by atoms with van der Waals surface area (Å²) in [6.45, 7) is 38.8. The summed E-state index contributed by atoms with van der Waals surface area (Å²) in [7, 11) is 0. The van der Waals surface area contributed by atoms with Crippen LogP contribution in [0.4, 0.5) is 0 Å². The number of aromatic carboxylic acids is 2. The highest BCUT2D eigenvalue weighted by molar-refractivity contribution is 6.32. The number of rotatable bonds is 36. The summed E-state index contributed by atoms with van der Waals surface area (Å²) in [4.78, 5) is 122. The number of ketones is 2. The molecule has 0 aliphatic rings. The summed E-state index contributed by atoms with van der Waals surface area (Å²) in [6, 6.07) is 23.3. The van der Waals surface area contributed by atoms with Crippen LogP contribution in [0.1, 0.15) is 235 Å². The maximum Gasteiger partial charge on any atom is 0.341 e. The lowest BCUT2D eigenvalue weighted by Crippen LogP contribution is -2.27. The van der Waals surface area contributed by atoms with Crippen molar-refractivity contribution in [1.29, 1.82) is 0 Å². The average molecular weight is 1770 g/mol. The Balaban J connectivity index is -0.000000635. The number of benzene rings is 5. The second kappa shape index (κ2) is 61.4. The molecule has 0 fully saturated rings. The zero-order chi connectivity index (χ0) is 89.7. The normalized spacial score (nSPS) is 10.4. The van der Waals surface area contributed by atoms with Crippen LogP contribution < -0.4 is 24.7 Å². The van der Waals surface area contributed by atoms with Crippen molar-refractivity contribution < 1.29 is 116 Å². The molecule has 0 spiro atoms. The van der Waals surface area contributed by atoms with Gasteiger partial charge in [0.2, 0.25) is 6.54 Å². The molecule has 656 valence electrons. The highest BCUT2D eigenvalue weighted by atomic mass is 35.5. The van der Waals surface area contributed by atoms with E-state index in [9.17, 15) is 58.1 Å². The van der Waals surface area contributed by atoms with E-state index in [1.54, 1.807) is 122 Å². The Morgan fingerprint density at radius 3 is 1.03 bits per heavy atom. The van der Waals surface area contributed by atoms with Crippen LogP contribution in [-0.4, -0.2) is 157 Å². The number of phenols is 1. The van der Waals surface area contributed by atoms with E-state index in [1.165, 1.54) is 30.3 Å². The quantitative estimate of drug-likeness (QED) is 0.00621. The summed E-state index contributed by atoms with van der Waals surface area (Å²) in [5.41, 5.74) is 6.15. The van der Waals surface area contributed by atoms with Gasteiger partial charge in [0.25, 0.3) is 0 Å². The van der Waals surface area contributed by atoms with E-state index in [1.807, 2.05) is 76.2 Å². The predicted octanol–water partition coefficient (Wildman–Crippen LogP) is 20.1. The smallest absolute Gasteiger partial charge is 0.341 e. The van der Waals surface area contributed by atoms with Gasteiger partial charge in [-0.25, -0.2) is 19.2 Å². The number of aliphatic carboxylic acids is 1. The monoisotopic (exact) mass is 1760 g/mol. The molecule has 27 nitrogen and oxygen atoms in total. The van der Waals surface area contributed by atoms with E-state index in [0.29, 0.717) is 163 Å². The number of hydrogen-bond acceptors (Lipinski definition) is 23. The summed E-state index contributed by atoms with van der Waals surface area (Å²) >= 11 is 28.8. The maximum atomic E-state index is 12.5. The van der Waals surface area contributed by atoms with Gasteiger partial charge in [0, 0.05) is 54.4 Å². The molecule has 5 aromatic carbocycles. The first-order chi connectivity index (χ1) is 54.0. The van der Waals surface area contributed by atoms with Crippen LogP contribution in [0, 0.1) is 31.8 Å². The lowest BCUT2D eigenvalue weighted by Gasteiger charge is -2.23. The van der Waals surface area contributed by atoms with Crippen molar-refractivity contribution in [2.45, 2.75) is 183 Å². The number of carboxylic acid groups (broad SMARTS) is 3. The number of carboxylic acids is 3. The SMILES string of the molecule is CCOC(=O)C=C(C)C.CCOC(=O)CC(C)(C)CCC(=O)c1cc(Cl)ccc1OCC.CCOC(=O)CC(C)(C)CN.CCOC(=O)CC(C)(C)C[N+](=O)[O-].CCOC(=O)c1cc(Cl)ccc1OCC.CCOc1ccc(Cl)cc1C(=O)CCC(C)(C)CC(=O)O.CCOc1ccc(Cl)cc1C(=O)O.Cl.O=C(O)c1cc(Cl)ccc1O. The van der Waals surface area contributed by atoms with Gasteiger partial charge in [-0.2, -0.15) is 0 Å². The Morgan fingerprint density at radius 1 is 0.419 bits per heavy atom. The minimum atomic E-state index is -1.19. The van der Waals surface area contributed by atoms with Gasteiger partial charge >= 0.3 is 47.8 Å². The van der Waals surface area contributed by atoms with Crippen LogP contribution in [0.25, 0.3) is 0 Å². The molecule has 0 atom stereocenters. The highest BCUT2D eigenvalue weighted by Crippen LogP contribution is 2.34. The number of allylic oxidation sites excluding steroid dienone is 1. The molecule has 0 aliphatic carbocycles. The molecule has 33 heteroatoms. The van der Waals surface area contributed by atoms with Crippen molar-refractivity contribution in [3.05, 3.63) is 166 Å². The van der Waals surface area contributed by atoms with E-state index >= 15 is 0 Å². The topological polar surface area (TPSA) is 404 Å². The number of halogens is 6. The standard InChI is InChI=1S/C18H25ClO4.C16H21ClO4.C11H13ClO3.C9H9ClO3.C8H15NO4.C8H17NO2.C7H5ClO3.C7H12O2.ClH/c1-5-22-16-8-7-13(19)11-14(16)15(20)9-10-18(3,4)12-17(21)23-6-2;1-4-21-14-6-5-11(17)9-12(14)13(18)7-8-16(2,3)10-15(19)20;1-3-14-10-6-5-8(12)7-9(10)11(13)15-4-2;1-2-13-8-4-3-6(10)5-7(8)9(11)12;1-4-13-7(10)5-8(2,3)6-9(11)12;1-4-11-7(10)5-8(2,3)6-9;8-4-1-2-6(9)5(3-4)7(10)11;1-4-9-7(8)5-6(2)3;/h7-8,11H,5-6,9-10,12H2,1-4H3;5-6,9H,4,7-8,10H2,1-3H3,(H,19,20);5-7H,3-4H2,1-2H3;3-5H,2H2,1H3,(H,11,12);4-6H2,1-3H3;4-6,9H2,1-3H3;1-3,9H,(H,10,11);5H,4H2,1-3H3;1H. The fourth-order valence-electron chi connectivity index (χ4n) is 9.25. The molecule has 0 amide bonds. The number of ether oxygens (including phenoxy) is 9. The predicted molar refractivity (Wildman–Crippen MR) is 456 cm³/mol. The van der Waals surface area contributed by atoms with Crippen molar-refractivity contribution in [3.63, 3.8) is 0 Å². The van der Waals surface area contributed by atoms with E-state index in [4.69, 9.17) is 122 Å². The number of aromatic hydroxyl groups is 1. The first-order valence-electron chi connectivity index (χ1n) is 37.2. The molecule has 0 saturated carbocycles. The number of carbonyl (C=O) groups is 10. The van der Waals surface area contributed by atoms with Crippen LogP contribution in [-0.2, 0) is 47.7 Å². The number of esters is 5. The fourth-order valence-corrected chi connectivity index (χ4v) is 10.1. The molecule has 6 N–H and O–H groups in total. The number of nitrogens with two attached hydrogens (primary N) is 1. The largest absolute Gasteiger partial charge is 0.507 e. The van der Waals surface area contributed by atoms with Gasteiger partial charge in [-0.3, -0.25) is 38.9 Å². The molecular formula is C84H118Cl6N2O25. The Labute approximate surface area is 718 Å². The lowest BCUT2D eigenvalue weighted by atomic mass is 9.83. The maximum absolute atomic E-state index is 12.5. The summed E-state index contributed by atoms with van der Waals surface area (Å²) in [5.74, 6) is -3.01. The minimum absolute atomic E-state index is 0. The molecule has 0 saturated heterocycles. The molecule has 0 aromatic heterocycles. The van der Waals surface area contributed by atoms with Crippen molar-refractivity contribution >= 4 is 130 Å². The van der Waals surface area contributed by atoms with Gasteiger partial charge in [0.1, 0.15) is 45.4 Å². The van der Waals surface area contributed by atoms with E-state index in [-0.39, 0.29) is 101 Å². The number of carbonyl (C=O) groups excluding carboxylic acids is 7. The van der Waals surface area contributed by atoms with Crippen molar-refractivity contribution in [1.82, 2.24) is 0 Å². The molecular weight excluding hydrogens is 1650 g/mol. The van der Waals surface area contributed by atoms with Crippen molar-refractivity contribution in [2.24, 2.45) is 27.4 Å². The number of nitro groups is 1. The molecule has 0 radical (unpaired) electrons. The second-order valence-electron chi connectivity index (χ2n) is 28.0. The molecule has 5 rings (SSSR count). The van der Waals surface area contributed by atoms with E-state index in [0.717, 1.165) is 5.57 Å². The Hall–Kier alpha value is -8.96. The van der Waals surface area contributed by atoms with Gasteiger partial charge in [-0.05, 0) is 203 Å². The first kappa shape index (κ1) is 114. The molecule has 5 aromatic rings. The van der Waals surface area contributed by atoms with Crippen LogP contribution >= 0.6 is 70.4 Å². The van der Waals surface area contributed by atoms with Crippen LogP contribution in [0.15, 0.2) is 103 Å². The highest BCUT2D eigenvalue weighted by Gasteiger charge is 2.30. The summed E-state index contributed by atoms with van der Waals surface area (Å²) < 4.78 is 45.3. The van der Waals surface area contributed by atoms with Gasteiger partial charge in [0.15, 0.2) is 11.6 Å². The zero-order valence-corrected chi connectivity index (χ0v) is 75.0. The van der Waals surface area contributed by atoms with Crippen LogP contribution in [0.3, 0.4) is 0 Å². The van der Waals surface area contributed by atoms with Gasteiger partial charge in [0.05, 0.1) is 96.3 Å². The van der Waals surface area contributed by atoms with Gasteiger partial charge in [-0.15, -0.1) is 12.4 Å².